The summed E-state index contributed by atoms with van der Waals surface area (Å²) in [7, 11) is 1.44. The number of rotatable bonds is 13. The van der Waals surface area contributed by atoms with Crippen molar-refractivity contribution in [3.8, 4) is 0 Å². The molecule has 3 atom stereocenters. The number of esters is 2. The molecule has 0 fully saturated rings. The Hall–Kier alpha value is -1.14. The topological polar surface area (TPSA) is 82.1 Å². The van der Waals surface area contributed by atoms with Crippen LogP contribution in [-0.4, -0.2) is 49.1 Å². The highest BCUT2D eigenvalue weighted by Gasteiger charge is 2.32. The molecule has 1 N–H and O–H groups in total. The lowest BCUT2D eigenvalue weighted by Gasteiger charge is -2.29. The molecule has 0 bridgehead atoms. The average molecular weight is 360 g/mol. The molecule has 6 nitrogen and oxygen atoms in total. The normalized spacial score (nSPS) is 15.1. The van der Waals surface area contributed by atoms with E-state index in [0.29, 0.717) is 32.1 Å². The number of ether oxygens (including phenoxy) is 3. The summed E-state index contributed by atoms with van der Waals surface area (Å²) in [5, 5.41) is 10.5. The molecule has 0 aliphatic carbocycles. The standard InChI is InChI=1S/C19H36O6/c1-7-13(8-2)18(21)24-12-16(23-6)17(20)15(11-5)25-19(22)14(9-3)10-4/h13-17,20H,7-12H2,1-6H3. The lowest BCUT2D eigenvalue weighted by Crippen LogP contribution is -2.44. The van der Waals surface area contributed by atoms with Crippen molar-refractivity contribution in [2.24, 2.45) is 11.8 Å². The van der Waals surface area contributed by atoms with Crippen molar-refractivity contribution in [2.75, 3.05) is 13.7 Å². The highest BCUT2D eigenvalue weighted by atomic mass is 16.6. The molecule has 0 radical (unpaired) electrons. The molecule has 0 aromatic heterocycles. The van der Waals surface area contributed by atoms with Gasteiger partial charge in [0.25, 0.3) is 0 Å². The quantitative estimate of drug-likeness (QED) is 0.508. The summed E-state index contributed by atoms with van der Waals surface area (Å²) in [5.74, 6) is -0.916. The molecule has 6 heteroatoms. The van der Waals surface area contributed by atoms with Gasteiger partial charge in [-0.25, -0.2) is 0 Å². The van der Waals surface area contributed by atoms with Crippen LogP contribution in [0.4, 0.5) is 0 Å². The minimum absolute atomic E-state index is 0.0635. The summed E-state index contributed by atoms with van der Waals surface area (Å²) in [5.41, 5.74) is 0. The highest BCUT2D eigenvalue weighted by Crippen LogP contribution is 2.17. The number of hydrogen-bond acceptors (Lipinski definition) is 6. The minimum atomic E-state index is -1.05. The maximum Gasteiger partial charge on any atom is 0.309 e. The largest absolute Gasteiger partial charge is 0.463 e. The number of aliphatic hydroxyl groups excluding tert-OH is 1. The van der Waals surface area contributed by atoms with Gasteiger partial charge in [0.1, 0.15) is 24.9 Å². The van der Waals surface area contributed by atoms with Crippen LogP contribution in [0.25, 0.3) is 0 Å². The zero-order valence-electron chi connectivity index (χ0n) is 16.6. The fourth-order valence-electron chi connectivity index (χ4n) is 2.71. The number of hydrogen-bond donors (Lipinski definition) is 1. The van der Waals surface area contributed by atoms with E-state index in [-0.39, 0.29) is 30.4 Å². The Morgan fingerprint density at radius 1 is 0.800 bits per heavy atom. The molecule has 0 rings (SSSR count). The van der Waals surface area contributed by atoms with Crippen LogP contribution in [0, 0.1) is 11.8 Å². The van der Waals surface area contributed by atoms with Crippen molar-refractivity contribution in [2.45, 2.75) is 85.0 Å². The zero-order valence-corrected chi connectivity index (χ0v) is 16.6. The first kappa shape index (κ1) is 23.9. The summed E-state index contributed by atoms with van der Waals surface area (Å²) in [6.07, 6.45) is 0.782. The van der Waals surface area contributed by atoms with Crippen molar-refractivity contribution < 1.29 is 28.9 Å². The molecule has 0 saturated carbocycles. The van der Waals surface area contributed by atoms with E-state index in [1.54, 1.807) is 0 Å². The first-order chi connectivity index (χ1) is 11.9. The molecule has 148 valence electrons. The summed E-state index contributed by atoms with van der Waals surface area (Å²) in [6, 6.07) is 0. The van der Waals surface area contributed by atoms with Gasteiger partial charge in [0.05, 0.1) is 11.8 Å². The third-order valence-electron chi connectivity index (χ3n) is 4.76. The predicted octanol–water partition coefficient (Wildman–Crippen LogP) is 3.10. The van der Waals surface area contributed by atoms with Gasteiger partial charge in [0.2, 0.25) is 0 Å². The highest BCUT2D eigenvalue weighted by molar-refractivity contribution is 5.72. The Bertz CT molecular complexity index is 376. The van der Waals surface area contributed by atoms with Crippen LogP contribution in [0.1, 0.15) is 66.7 Å². The smallest absolute Gasteiger partial charge is 0.309 e. The van der Waals surface area contributed by atoms with E-state index in [1.807, 2.05) is 34.6 Å². The van der Waals surface area contributed by atoms with Crippen LogP contribution in [-0.2, 0) is 23.8 Å². The summed E-state index contributed by atoms with van der Waals surface area (Å²) < 4.78 is 16.0. The Balaban J connectivity index is 4.77. The Kier molecular flexibility index (Phi) is 12.5. The second-order valence-corrected chi connectivity index (χ2v) is 6.31. The summed E-state index contributed by atoms with van der Waals surface area (Å²) in [6.45, 7) is 9.50. The van der Waals surface area contributed by atoms with Gasteiger partial charge in [-0.15, -0.1) is 0 Å². The number of carbonyl (C=O) groups excluding carboxylic acids is 2. The van der Waals surface area contributed by atoms with E-state index in [1.165, 1.54) is 7.11 Å². The van der Waals surface area contributed by atoms with Gasteiger partial charge < -0.3 is 19.3 Å². The Morgan fingerprint density at radius 3 is 1.68 bits per heavy atom. The van der Waals surface area contributed by atoms with E-state index in [9.17, 15) is 14.7 Å². The van der Waals surface area contributed by atoms with Crippen LogP contribution >= 0.6 is 0 Å². The van der Waals surface area contributed by atoms with Crippen molar-refractivity contribution in [3.05, 3.63) is 0 Å². The van der Waals surface area contributed by atoms with Gasteiger partial charge in [-0.2, -0.15) is 0 Å². The molecule has 0 heterocycles. The van der Waals surface area contributed by atoms with Gasteiger partial charge in [-0.1, -0.05) is 34.6 Å². The molecule has 0 aromatic rings. The average Bonchev–Trinajstić information content (AvgIpc) is 2.61. The first-order valence-corrected chi connectivity index (χ1v) is 9.47. The molecule has 25 heavy (non-hydrogen) atoms. The van der Waals surface area contributed by atoms with E-state index >= 15 is 0 Å². The Morgan fingerprint density at radius 2 is 1.28 bits per heavy atom. The molecule has 0 saturated heterocycles. The monoisotopic (exact) mass is 360 g/mol. The third kappa shape index (κ3) is 7.74. The molecular formula is C19H36O6. The third-order valence-corrected chi connectivity index (χ3v) is 4.76. The van der Waals surface area contributed by atoms with E-state index in [4.69, 9.17) is 14.2 Å². The SMILES string of the molecule is CCC(CC)C(=O)OCC(OC)C(O)C(CC)OC(=O)C(CC)CC. The maximum absolute atomic E-state index is 12.2. The second kappa shape index (κ2) is 13.1. The van der Waals surface area contributed by atoms with Crippen molar-refractivity contribution in [3.63, 3.8) is 0 Å². The van der Waals surface area contributed by atoms with Crippen LogP contribution in [0.2, 0.25) is 0 Å². The minimum Gasteiger partial charge on any atom is -0.463 e. The zero-order chi connectivity index (χ0) is 19.4. The molecule has 0 spiro atoms. The lowest BCUT2D eigenvalue weighted by molar-refractivity contribution is -0.173. The van der Waals surface area contributed by atoms with E-state index in [0.717, 1.165) is 0 Å². The van der Waals surface area contributed by atoms with Crippen LogP contribution in [0.5, 0.6) is 0 Å². The first-order valence-electron chi connectivity index (χ1n) is 9.47. The van der Waals surface area contributed by atoms with E-state index in [2.05, 4.69) is 0 Å². The van der Waals surface area contributed by atoms with Crippen LogP contribution in [0.15, 0.2) is 0 Å². The molecule has 3 unspecified atom stereocenters. The predicted molar refractivity (Wildman–Crippen MR) is 96.1 cm³/mol. The lowest BCUT2D eigenvalue weighted by atomic mass is 10.0. The van der Waals surface area contributed by atoms with Crippen LogP contribution < -0.4 is 0 Å². The summed E-state index contributed by atoms with van der Waals surface area (Å²) in [4.78, 5) is 24.2. The maximum atomic E-state index is 12.2. The number of methoxy groups -OCH3 is 1. The fraction of sp³-hybridized carbons (Fsp3) is 0.895. The number of aliphatic hydroxyl groups is 1. The van der Waals surface area contributed by atoms with Crippen molar-refractivity contribution >= 4 is 11.9 Å². The van der Waals surface area contributed by atoms with Gasteiger partial charge >= 0.3 is 11.9 Å². The molecule has 0 aromatic carbocycles. The Labute approximate surface area is 152 Å². The second-order valence-electron chi connectivity index (χ2n) is 6.31. The van der Waals surface area contributed by atoms with E-state index < -0.39 is 18.3 Å². The van der Waals surface area contributed by atoms with Gasteiger partial charge in [0, 0.05) is 7.11 Å². The number of carbonyl (C=O) groups is 2. The van der Waals surface area contributed by atoms with Crippen LogP contribution in [0.3, 0.4) is 0 Å². The van der Waals surface area contributed by atoms with Gasteiger partial charge in [-0.05, 0) is 32.1 Å². The van der Waals surface area contributed by atoms with Gasteiger partial charge in [0.15, 0.2) is 0 Å². The van der Waals surface area contributed by atoms with Gasteiger partial charge in [-0.3, -0.25) is 9.59 Å². The molecule has 0 amide bonds. The van der Waals surface area contributed by atoms with Crippen molar-refractivity contribution in [1.82, 2.24) is 0 Å². The summed E-state index contributed by atoms with van der Waals surface area (Å²) >= 11 is 0. The molecule has 0 aliphatic rings. The fourth-order valence-corrected chi connectivity index (χ4v) is 2.71. The van der Waals surface area contributed by atoms with Crippen molar-refractivity contribution in [1.29, 1.82) is 0 Å². The molecular weight excluding hydrogens is 324 g/mol. The molecule has 0 aliphatic heterocycles.